The SMILES string of the molecule is Clc1cccc(CN=C2Nc3ccccc3CC23CCCCNC3)c1. The zero-order valence-corrected chi connectivity index (χ0v) is 15.1. The quantitative estimate of drug-likeness (QED) is 0.823. The maximum absolute atomic E-state index is 6.12. The van der Waals surface area contributed by atoms with E-state index in [1.54, 1.807) is 0 Å². The first-order valence-electron chi connectivity index (χ1n) is 9.10. The van der Waals surface area contributed by atoms with Crippen molar-refractivity contribution in [2.75, 3.05) is 18.4 Å². The average molecular weight is 354 g/mol. The van der Waals surface area contributed by atoms with Crippen LogP contribution in [0.2, 0.25) is 5.02 Å². The Bertz CT molecular complexity index is 776. The molecule has 0 saturated carbocycles. The van der Waals surface area contributed by atoms with Gasteiger partial charge in [-0.15, -0.1) is 0 Å². The number of rotatable bonds is 2. The van der Waals surface area contributed by atoms with Crippen LogP contribution < -0.4 is 10.6 Å². The standard InChI is InChI=1S/C21H24ClN3/c22-18-8-5-6-16(12-18)14-24-20-21(10-3-4-11-23-15-21)13-17-7-1-2-9-19(17)25-20/h1-2,5-9,12,23H,3-4,10-11,13-15H2,(H,24,25). The van der Waals surface area contributed by atoms with Gasteiger partial charge in [0.25, 0.3) is 0 Å². The van der Waals surface area contributed by atoms with Gasteiger partial charge in [-0.2, -0.15) is 0 Å². The van der Waals surface area contributed by atoms with Crippen molar-refractivity contribution in [3.63, 3.8) is 0 Å². The molecule has 2 aliphatic heterocycles. The molecule has 2 heterocycles. The number of hydrogen-bond acceptors (Lipinski definition) is 2. The minimum Gasteiger partial charge on any atom is -0.343 e. The molecule has 4 heteroatoms. The van der Waals surface area contributed by atoms with E-state index in [2.05, 4.69) is 41.0 Å². The molecule has 2 aromatic rings. The molecule has 130 valence electrons. The van der Waals surface area contributed by atoms with Crippen LogP contribution in [0, 0.1) is 5.41 Å². The Balaban J connectivity index is 1.67. The third-order valence-corrected chi connectivity index (χ3v) is 5.57. The lowest BCUT2D eigenvalue weighted by atomic mass is 9.74. The molecule has 0 aliphatic carbocycles. The Labute approximate surface area is 154 Å². The molecule has 0 aromatic heterocycles. The Morgan fingerprint density at radius 2 is 2.00 bits per heavy atom. The van der Waals surface area contributed by atoms with Crippen LogP contribution >= 0.6 is 11.6 Å². The summed E-state index contributed by atoms with van der Waals surface area (Å²) in [6.45, 7) is 2.75. The molecule has 1 atom stereocenters. The predicted molar refractivity (Wildman–Crippen MR) is 106 cm³/mol. The number of para-hydroxylation sites is 1. The molecule has 2 aromatic carbocycles. The van der Waals surface area contributed by atoms with Crippen LogP contribution in [0.4, 0.5) is 5.69 Å². The molecule has 3 nitrogen and oxygen atoms in total. The number of halogens is 1. The van der Waals surface area contributed by atoms with Gasteiger partial charge in [0.2, 0.25) is 0 Å². The van der Waals surface area contributed by atoms with Crippen LogP contribution in [0.25, 0.3) is 0 Å². The minimum atomic E-state index is 0.0728. The number of anilines is 1. The van der Waals surface area contributed by atoms with E-state index >= 15 is 0 Å². The number of amidine groups is 1. The number of benzene rings is 2. The summed E-state index contributed by atoms with van der Waals surface area (Å²) >= 11 is 6.12. The smallest absolute Gasteiger partial charge is 0.109 e. The molecule has 2 aliphatic rings. The van der Waals surface area contributed by atoms with Crippen LogP contribution in [0.3, 0.4) is 0 Å². The lowest BCUT2D eigenvalue weighted by Gasteiger charge is -2.39. The fourth-order valence-electron chi connectivity index (χ4n) is 4.00. The van der Waals surface area contributed by atoms with E-state index in [0.29, 0.717) is 6.54 Å². The topological polar surface area (TPSA) is 36.4 Å². The second kappa shape index (κ2) is 7.19. The second-order valence-electron chi connectivity index (χ2n) is 7.17. The highest BCUT2D eigenvalue weighted by Crippen LogP contribution is 2.39. The van der Waals surface area contributed by atoms with Crippen molar-refractivity contribution in [1.29, 1.82) is 0 Å². The van der Waals surface area contributed by atoms with Gasteiger partial charge in [0.15, 0.2) is 0 Å². The van der Waals surface area contributed by atoms with Gasteiger partial charge >= 0.3 is 0 Å². The van der Waals surface area contributed by atoms with Crippen LogP contribution in [0.15, 0.2) is 53.5 Å². The highest BCUT2D eigenvalue weighted by Gasteiger charge is 2.40. The largest absolute Gasteiger partial charge is 0.343 e. The molecule has 2 N–H and O–H groups in total. The molecule has 1 spiro atoms. The Hall–Kier alpha value is -1.84. The normalized spacial score (nSPS) is 24.6. The summed E-state index contributed by atoms with van der Waals surface area (Å²) in [5.74, 6) is 1.13. The highest BCUT2D eigenvalue weighted by molar-refractivity contribution is 6.30. The van der Waals surface area contributed by atoms with Crippen molar-refractivity contribution in [1.82, 2.24) is 5.32 Å². The van der Waals surface area contributed by atoms with Crippen molar-refractivity contribution in [2.45, 2.75) is 32.2 Å². The Kier molecular flexibility index (Phi) is 4.78. The molecular weight excluding hydrogens is 330 g/mol. The molecule has 1 fully saturated rings. The number of fused-ring (bicyclic) bond motifs is 1. The molecule has 1 unspecified atom stereocenters. The van der Waals surface area contributed by atoms with Crippen molar-refractivity contribution in [2.24, 2.45) is 10.4 Å². The third kappa shape index (κ3) is 3.58. The van der Waals surface area contributed by atoms with Crippen LogP contribution in [-0.4, -0.2) is 18.9 Å². The summed E-state index contributed by atoms with van der Waals surface area (Å²) in [6.07, 6.45) is 4.71. The zero-order valence-electron chi connectivity index (χ0n) is 14.4. The molecule has 25 heavy (non-hydrogen) atoms. The molecule has 1 saturated heterocycles. The van der Waals surface area contributed by atoms with Crippen molar-refractivity contribution < 1.29 is 0 Å². The average Bonchev–Trinajstić information content (AvgIpc) is 2.86. The van der Waals surface area contributed by atoms with E-state index < -0.39 is 0 Å². The molecule has 4 rings (SSSR count). The number of hydrogen-bond donors (Lipinski definition) is 2. The van der Waals surface area contributed by atoms with E-state index in [1.807, 2.05) is 18.2 Å². The van der Waals surface area contributed by atoms with Crippen LogP contribution in [-0.2, 0) is 13.0 Å². The molecule has 0 radical (unpaired) electrons. The fourth-order valence-corrected chi connectivity index (χ4v) is 4.21. The second-order valence-corrected chi connectivity index (χ2v) is 7.60. The first-order valence-corrected chi connectivity index (χ1v) is 9.48. The number of aliphatic imine (C=N–C) groups is 1. The lowest BCUT2D eigenvalue weighted by Crippen LogP contribution is -2.47. The first-order chi connectivity index (χ1) is 12.3. The van der Waals surface area contributed by atoms with E-state index in [4.69, 9.17) is 16.6 Å². The lowest BCUT2D eigenvalue weighted by molar-refractivity contribution is 0.374. The van der Waals surface area contributed by atoms with Gasteiger partial charge in [0.1, 0.15) is 5.84 Å². The van der Waals surface area contributed by atoms with Crippen molar-refractivity contribution in [3.8, 4) is 0 Å². The third-order valence-electron chi connectivity index (χ3n) is 5.33. The summed E-state index contributed by atoms with van der Waals surface area (Å²) in [4.78, 5) is 5.02. The van der Waals surface area contributed by atoms with Crippen molar-refractivity contribution in [3.05, 3.63) is 64.7 Å². The maximum Gasteiger partial charge on any atom is 0.109 e. The van der Waals surface area contributed by atoms with Gasteiger partial charge in [-0.3, -0.25) is 4.99 Å². The predicted octanol–water partition coefficient (Wildman–Crippen LogP) is 4.67. The van der Waals surface area contributed by atoms with E-state index in [-0.39, 0.29) is 5.41 Å². The summed E-state index contributed by atoms with van der Waals surface area (Å²) in [5.41, 5.74) is 3.82. The summed E-state index contributed by atoms with van der Waals surface area (Å²) < 4.78 is 0. The van der Waals surface area contributed by atoms with Gasteiger partial charge in [0.05, 0.1) is 6.54 Å². The molecule has 0 bridgehead atoms. The van der Waals surface area contributed by atoms with Gasteiger partial charge in [-0.05, 0) is 55.1 Å². The minimum absolute atomic E-state index is 0.0728. The zero-order chi connectivity index (χ0) is 17.1. The fraction of sp³-hybridized carbons (Fsp3) is 0.381. The summed E-state index contributed by atoms with van der Waals surface area (Å²) in [7, 11) is 0. The van der Waals surface area contributed by atoms with Gasteiger partial charge in [-0.1, -0.05) is 48.4 Å². The van der Waals surface area contributed by atoms with Crippen molar-refractivity contribution >= 4 is 23.1 Å². The Morgan fingerprint density at radius 1 is 1.08 bits per heavy atom. The van der Waals surface area contributed by atoms with Crippen LogP contribution in [0.1, 0.15) is 30.4 Å². The number of nitrogens with zero attached hydrogens (tertiary/aromatic N) is 1. The van der Waals surface area contributed by atoms with Gasteiger partial charge in [0, 0.05) is 22.7 Å². The van der Waals surface area contributed by atoms with E-state index in [9.17, 15) is 0 Å². The van der Waals surface area contributed by atoms with Crippen LogP contribution in [0.5, 0.6) is 0 Å². The number of nitrogens with one attached hydrogen (secondary N) is 2. The monoisotopic (exact) mass is 353 g/mol. The van der Waals surface area contributed by atoms with E-state index in [0.717, 1.165) is 35.9 Å². The summed E-state index contributed by atoms with van der Waals surface area (Å²) in [6, 6.07) is 16.6. The summed E-state index contributed by atoms with van der Waals surface area (Å²) in [5, 5.41) is 8.05. The molecular formula is C21H24ClN3. The molecule has 0 amide bonds. The maximum atomic E-state index is 6.12. The first kappa shape index (κ1) is 16.6. The Morgan fingerprint density at radius 3 is 2.92 bits per heavy atom. The highest BCUT2D eigenvalue weighted by atomic mass is 35.5. The van der Waals surface area contributed by atoms with Gasteiger partial charge < -0.3 is 10.6 Å². The van der Waals surface area contributed by atoms with Gasteiger partial charge in [-0.25, -0.2) is 0 Å². The van der Waals surface area contributed by atoms with E-state index in [1.165, 1.54) is 30.5 Å².